The Balaban J connectivity index is 0.00000289. The van der Waals surface area contributed by atoms with E-state index >= 15 is 0 Å². The number of hydrogen-bond donors (Lipinski definition) is 2. The van der Waals surface area contributed by atoms with E-state index < -0.39 is 9.84 Å². The molecule has 0 unspecified atom stereocenters. The van der Waals surface area contributed by atoms with E-state index in [9.17, 15) is 13.2 Å². The zero-order chi connectivity index (χ0) is 21.8. The SMILES string of the molecule is CN(Cc1ccccc1)C(=O)Nc1ccc(S(=O)(=O)Cc2ccc3c(c2)C[NH2+]C3)cc1.[Cl-]. The lowest BCUT2D eigenvalue weighted by Gasteiger charge is -2.18. The van der Waals surface area contributed by atoms with Gasteiger partial charge < -0.3 is 27.9 Å². The summed E-state index contributed by atoms with van der Waals surface area (Å²) in [6.07, 6.45) is 0. The van der Waals surface area contributed by atoms with Gasteiger partial charge in [0.2, 0.25) is 0 Å². The van der Waals surface area contributed by atoms with Crippen molar-refractivity contribution in [2.24, 2.45) is 0 Å². The molecule has 0 atom stereocenters. The molecule has 0 spiro atoms. The smallest absolute Gasteiger partial charge is 0.321 e. The van der Waals surface area contributed by atoms with Crippen LogP contribution in [0.1, 0.15) is 22.3 Å². The third kappa shape index (κ3) is 5.68. The Labute approximate surface area is 195 Å². The maximum Gasteiger partial charge on any atom is 0.321 e. The van der Waals surface area contributed by atoms with Crippen molar-refractivity contribution in [3.05, 3.63) is 95.1 Å². The minimum absolute atomic E-state index is 0. The molecule has 1 aliphatic heterocycles. The van der Waals surface area contributed by atoms with Gasteiger partial charge in [0.1, 0.15) is 13.1 Å². The van der Waals surface area contributed by atoms with Crippen LogP contribution in [-0.4, -0.2) is 26.4 Å². The molecule has 6 nitrogen and oxygen atoms in total. The first-order valence-corrected chi connectivity index (χ1v) is 11.9. The van der Waals surface area contributed by atoms with Gasteiger partial charge in [-0.1, -0.05) is 42.5 Å². The van der Waals surface area contributed by atoms with Gasteiger partial charge in [0.25, 0.3) is 0 Å². The monoisotopic (exact) mass is 471 g/mol. The summed E-state index contributed by atoms with van der Waals surface area (Å²) in [5, 5.41) is 5.01. The van der Waals surface area contributed by atoms with Crippen molar-refractivity contribution < 1.29 is 30.9 Å². The van der Waals surface area contributed by atoms with Crippen LogP contribution in [0.25, 0.3) is 0 Å². The fourth-order valence-electron chi connectivity index (χ4n) is 3.74. The van der Waals surface area contributed by atoms with Gasteiger partial charge in [-0.2, -0.15) is 0 Å². The number of quaternary nitrogens is 1. The number of halogens is 1. The molecule has 0 radical (unpaired) electrons. The summed E-state index contributed by atoms with van der Waals surface area (Å²) in [7, 11) is -1.75. The quantitative estimate of drug-likeness (QED) is 0.527. The molecule has 1 heterocycles. The molecule has 3 aromatic rings. The molecule has 0 aromatic heterocycles. The summed E-state index contributed by atoms with van der Waals surface area (Å²) < 4.78 is 25.7. The predicted octanol–water partition coefficient (Wildman–Crippen LogP) is -0.0946. The standard InChI is InChI=1S/C24H25N3O3S.ClH/c1-27(16-18-5-3-2-4-6-18)24(28)26-22-9-11-23(12-10-22)31(29,30)17-19-7-8-20-14-25-15-21(20)13-19;/h2-13,25H,14-17H2,1H3,(H,26,28);1H. The Kier molecular flexibility index (Phi) is 7.56. The van der Waals surface area contributed by atoms with Crippen molar-refractivity contribution in [2.75, 3.05) is 12.4 Å². The van der Waals surface area contributed by atoms with Crippen molar-refractivity contribution in [3.63, 3.8) is 0 Å². The topological polar surface area (TPSA) is 83.1 Å². The lowest BCUT2D eigenvalue weighted by atomic mass is 10.1. The first-order chi connectivity index (χ1) is 14.9. The maximum absolute atomic E-state index is 12.8. The van der Waals surface area contributed by atoms with Gasteiger partial charge in [-0.3, -0.25) is 0 Å². The third-order valence-electron chi connectivity index (χ3n) is 5.43. The molecule has 4 rings (SSSR count). The molecule has 168 valence electrons. The first-order valence-electron chi connectivity index (χ1n) is 10.2. The molecule has 1 aliphatic rings. The Bertz CT molecular complexity index is 1180. The Morgan fingerprint density at radius 1 is 0.938 bits per heavy atom. The summed E-state index contributed by atoms with van der Waals surface area (Å²) in [5.74, 6) is -0.0359. The van der Waals surface area contributed by atoms with Crippen LogP contribution in [0.3, 0.4) is 0 Å². The number of nitrogens with two attached hydrogens (primary N) is 1. The van der Waals surface area contributed by atoms with Gasteiger partial charge >= 0.3 is 6.03 Å². The summed E-state index contributed by atoms with van der Waals surface area (Å²) in [6.45, 7) is 2.34. The number of rotatable bonds is 6. The number of carbonyl (C=O) groups is 1. The summed E-state index contributed by atoms with van der Waals surface area (Å²) in [5.41, 5.74) is 4.88. The molecule has 0 bridgehead atoms. The van der Waals surface area contributed by atoms with Crippen LogP contribution in [0.4, 0.5) is 10.5 Å². The summed E-state index contributed by atoms with van der Waals surface area (Å²) >= 11 is 0. The van der Waals surface area contributed by atoms with Crippen molar-refractivity contribution >= 4 is 21.6 Å². The lowest BCUT2D eigenvalue weighted by Crippen LogP contribution is -3.00. The number of benzene rings is 3. The predicted molar refractivity (Wildman–Crippen MR) is 120 cm³/mol. The van der Waals surface area contributed by atoms with Crippen molar-refractivity contribution in [1.82, 2.24) is 4.90 Å². The van der Waals surface area contributed by atoms with Gasteiger partial charge in [0.05, 0.1) is 10.6 Å². The minimum atomic E-state index is -3.47. The van der Waals surface area contributed by atoms with Crippen molar-refractivity contribution in [1.29, 1.82) is 0 Å². The molecule has 8 heteroatoms. The number of urea groups is 1. The molecular formula is C24H26ClN3O3S. The van der Waals surface area contributed by atoms with Crippen LogP contribution in [0.5, 0.6) is 0 Å². The number of nitrogens with one attached hydrogen (secondary N) is 1. The van der Waals surface area contributed by atoms with Crippen molar-refractivity contribution in [2.45, 2.75) is 30.3 Å². The van der Waals surface area contributed by atoms with Crippen LogP contribution in [0.15, 0.2) is 77.7 Å². The van der Waals surface area contributed by atoms with E-state index in [4.69, 9.17) is 0 Å². The van der Waals surface area contributed by atoms with Gasteiger partial charge in [-0.25, -0.2) is 13.2 Å². The zero-order valence-electron chi connectivity index (χ0n) is 17.8. The molecule has 3 aromatic carbocycles. The van der Waals surface area contributed by atoms with Crippen LogP contribution >= 0.6 is 0 Å². The van der Waals surface area contributed by atoms with E-state index in [0.29, 0.717) is 12.2 Å². The number of amides is 2. The Morgan fingerprint density at radius 2 is 1.62 bits per heavy atom. The zero-order valence-corrected chi connectivity index (χ0v) is 19.4. The second-order valence-corrected chi connectivity index (χ2v) is 9.84. The van der Waals surface area contributed by atoms with Crippen LogP contribution in [0.2, 0.25) is 0 Å². The van der Waals surface area contributed by atoms with Crippen LogP contribution in [0, 0.1) is 0 Å². The molecular weight excluding hydrogens is 446 g/mol. The minimum Gasteiger partial charge on any atom is -1.00 e. The van der Waals surface area contributed by atoms with Gasteiger partial charge in [-0.05, 0) is 41.5 Å². The molecule has 0 saturated carbocycles. The highest BCUT2D eigenvalue weighted by Crippen LogP contribution is 2.21. The number of carbonyl (C=O) groups excluding carboxylic acids is 1. The summed E-state index contributed by atoms with van der Waals surface area (Å²) in [6, 6.07) is 21.7. The van der Waals surface area contributed by atoms with Gasteiger partial charge in [0, 0.05) is 30.4 Å². The molecule has 0 saturated heterocycles. The Hall–Kier alpha value is -2.87. The second kappa shape index (κ2) is 10.2. The fourth-order valence-corrected chi connectivity index (χ4v) is 5.07. The first kappa shape index (κ1) is 23.8. The average molecular weight is 472 g/mol. The van der Waals surface area contributed by atoms with E-state index in [-0.39, 0.29) is 29.1 Å². The maximum atomic E-state index is 12.8. The van der Waals surface area contributed by atoms with Crippen LogP contribution in [-0.2, 0) is 35.2 Å². The van der Waals surface area contributed by atoms with E-state index in [0.717, 1.165) is 24.2 Å². The Morgan fingerprint density at radius 3 is 2.34 bits per heavy atom. The molecule has 3 N–H and O–H groups in total. The number of hydrogen-bond acceptors (Lipinski definition) is 3. The van der Waals surface area contributed by atoms with E-state index in [1.807, 2.05) is 48.5 Å². The van der Waals surface area contributed by atoms with Gasteiger partial charge in [-0.15, -0.1) is 0 Å². The normalized spacial score (nSPS) is 12.5. The number of nitrogens with zero attached hydrogens (tertiary/aromatic N) is 1. The number of anilines is 1. The average Bonchev–Trinajstić information content (AvgIpc) is 3.22. The molecule has 2 amide bonds. The largest absolute Gasteiger partial charge is 1.00 e. The van der Waals surface area contributed by atoms with E-state index in [1.165, 1.54) is 11.1 Å². The van der Waals surface area contributed by atoms with Crippen LogP contribution < -0.4 is 23.0 Å². The van der Waals surface area contributed by atoms with Crippen molar-refractivity contribution in [3.8, 4) is 0 Å². The highest BCUT2D eigenvalue weighted by Gasteiger charge is 2.19. The highest BCUT2D eigenvalue weighted by molar-refractivity contribution is 7.90. The third-order valence-corrected chi connectivity index (χ3v) is 7.13. The molecule has 32 heavy (non-hydrogen) atoms. The summed E-state index contributed by atoms with van der Waals surface area (Å²) in [4.78, 5) is 14.2. The molecule has 0 fully saturated rings. The number of fused-ring (bicyclic) bond motifs is 1. The van der Waals surface area contributed by atoms with E-state index in [1.54, 1.807) is 36.2 Å². The lowest BCUT2D eigenvalue weighted by molar-refractivity contribution is -0.676. The van der Waals surface area contributed by atoms with Gasteiger partial charge in [0.15, 0.2) is 9.84 Å². The van der Waals surface area contributed by atoms with E-state index in [2.05, 4.69) is 10.6 Å². The second-order valence-electron chi connectivity index (χ2n) is 7.86. The highest BCUT2D eigenvalue weighted by atomic mass is 35.5. The molecule has 0 aliphatic carbocycles. The fraction of sp³-hybridized carbons (Fsp3) is 0.208. The number of sulfone groups is 1.